The number of anilines is 3. The molecule has 4 rings (SSSR count). The molecule has 4 N–H and O–H groups in total. The minimum absolute atomic E-state index is 0.309. The van der Waals surface area contributed by atoms with Crippen LogP contribution in [0.25, 0.3) is 0 Å². The fraction of sp³-hybridized carbons (Fsp3) is 0.250. The molecule has 0 unspecified atom stereocenters. The van der Waals surface area contributed by atoms with Gasteiger partial charge in [0, 0.05) is 24.1 Å². The van der Waals surface area contributed by atoms with Crippen LogP contribution in [-0.2, 0) is 6.54 Å². The second kappa shape index (κ2) is 5.35. The fourth-order valence-corrected chi connectivity index (χ4v) is 2.46. The van der Waals surface area contributed by atoms with Crippen LogP contribution < -0.4 is 16.4 Å². The van der Waals surface area contributed by atoms with Crippen LogP contribution in [0.5, 0.6) is 0 Å². The predicted octanol–water partition coefficient (Wildman–Crippen LogP) is 1.83. The molecule has 1 aliphatic heterocycles. The Morgan fingerprint density at radius 3 is 2.96 bits per heavy atom. The molecule has 2 aromatic rings. The molecule has 0 saturated heterocycles. The number of hydrogen-bond donors (Lipinski definition) is 3. The van der Waals surface area contributed by atoms with E-state index in [1.165, 1.54) is 11.8 Å². The predicted molar refractivity (Wildman–Crippen MR) is 88.2 cm³/mol. The maximum absolute atomic E-state index is 11.5. The zero-order chi connectivity index (χ0) is 15.8. The number of nitrogens with one attached hydrogen (secondary N) is 2. The molecule has 2 aliphatic rings. The summed E-state index contributed by atoms with van der Waals surface area (Å²) in [6.07, 6.45) is 5.47. The minimum Gasteiger partial charge on any atom is -0.367 e. The molecular formula is C16H16N6O. The molecule has 1 aromatic heterocycles. The van der Waals surface area contributed by atoms with Crippen LogP contribution in [0, 0.1) is 0 Å². The van der Waals surface area contributed by atoms with Crippen molar-refractivity contribution in [1.82, 2.24) is 9.97 Å². The molecule has 1 fully saturated rings. The van der Waals surface area contributed by atoms with Gasteiger partial charge in [-0.1, -0.05) is 6.07 Å². The highest BCUT2D eigenvalue weighted by Crippen LogP contribution is 2.27. The van der Waals surface area contributed by atoms with Gasteiger partial charge in [-0.3, -0.25) is 9.79 Å². The third kappa shape index (κ3) is 2.85. The zero-order valence-electron chi connectivity index (χ0n) is 12.4. The number of aromatic nitrogens is 2. The summed E-state index contributed by atoms with van der Waals surface area (Å²) in [4.78, 5) is 24.3. The van der Waals surface area contributed by atoms with Gasteiger partial charge in [0.2, 0.25) is 5.95 Å². The van der Waals surface area contributed by atoms with Crippen molar-refractivity contribution in [2.75, 3.05) is 10.6 Å². The van der Waals surface area contributed by atoms with Gasteiger partial charge in [0.25, 0.3) is 5.91 Å². The van der Waals surface area contributed by atoms with Gasteiger partial charge in [-0.15, -0.1) is 0 Å². The second-order valence-electron chi connectivity index (χ2n) is 5.75. The highest BCUT2D eigenvalue weighted by atomic mass is 16.1. The van der Waals surface area contributed by atoms with Crippen LogP contribution in [0.1, 0.15) is 34.3 Å². The van der Waals surface area contributed by atoms with E-state index >= 15 is 0 Å². The van der Waals surface area contributed by atoms with Crippen molar-refractivity contribution >= 4 is 29.6 Å². The average Bonchev–Trinajstić information content (AvgIpc) is 3.22. The molecule has 7 nitrogen and oxygen atoms in total. The summed E-state index contributed by atoms with van der Waals surface area (Å²) in [5.74, 6) is 0.377. The molecule has 7 heteroatoms. The number of aliphatic imine (C=N–C) groups is 1. The standard InChI is InChI=1S/C16H16N6O/c17-14(23)13-8-19-16(22-15(13)20-11-3-4-11)21-12-2-1-9-6-18-7-10(9)5-12/h1-2,5,7-8,11H,3-4,6H2,(H2,17,23)(H2,19,20,21,22). The second-order valence-corrected chi connectivity index (χ2v) is 5.75. The first-order valence-corrected chi connectivity index (χ1v) is 7.52. The van der Waals surface area contributed by atoms with Gasteiger partial charge >= 0.3 is 0 Å². The Morgan fingerprint density at radius 1 is 1.30 bits per heavy atom. The number of hydrogen-bond acceptors (Lipinski definition) is 6. The summed E-state index contributed by atoms with van der Waals surface area (Å²) >= 11 is 0. The van der Waals surface area contributed by atoms with Crippen LogP contribution in [0.3, 0.4) is 0 Å². The smallest absolute Gasteiger partial charge is 0.254 e. The SMILES string of the molecule is NC(=O)c1cnc(Nc2ccc3c(c2)C=NC3)nc1NC1CC1. The minimum atomic E-state index is -0.534. The quantitative estimate of drug-likeness (QED) is 0.781. The van der Waals surface area contributed by atoms with E-state index in [1.807, 2.05) is 24.4 Å². The van der Waals surface area contributed by atoms with Crippen molar-refractivity contribution < 1.29 is 4.79 Å². The normalized spacial score (nSPS) is 15.3. The first-order valence-electron chi connectivity index (χ1n) is 7.52. The number of nitrogens with zero attached hydrogens (tertiary/aromatic N) is 3. The molecule has 0 atom stereocenters. The zero-order valence-corrected chi connectivity index (χ0v) is 12.4. The third-order valence-electron chi connectivity index (χ3n) is 3.87. The van der Waals surface area contributed by atoms with Crippen molar-refractivity contribution in [2.24, 2.45) is 10.7 Å². The molecule has 1 aliphatic carbocycles. The number of nitrogens with two attached hydrogens (primary N) is 1. The van der Waals surface area contributed by atoms with Gasteiger partial charge in [-0.2, -0.15) is 4.98 Å². The lowest BCUT2D eigenvalue weighted by Gasteiger charge is -2.11. The summed E-state index contributed by atoms with van der Waals surface area (Å²) < 4.78 is 0. The van der Waals surface area contributed by atoms with Crippen molar-refractivity contribution in [1.29, 1.82) is 0 Å². The monoisotopic (exact) mass is 308 g/mol. The average molecular weight is 308 g/mol. The Morgan fingerprint density at radius 2 is 2.17 bits per heavy atom. The number of benzene rings is 1. The molecule has 1 saturated carbocycles. The Labute approximate surface area is 133 Å². The van der Waals surface area contributed by atoms with E-state index in [2.05, 4.69) is 25.6 Å². The van der Waals surface area contributed by atoms with E-state index < -0.39 is 5.91 Å². The van der Waals surface area contributed by atoms with Crippen molar-refractivity contribution in [3.05, 3.63) is 41.1 Å². The first-order chi connectivity index (χ1) is 11.2. The van der Waals surface area contributed by atoms with Crippen LogP contribution in [0.4, 0.5) is 17.5 Å². The van der Waals surface area contributed by atoms with E-state index in [9.17, 15) is 4.79 Å². The van der Waals surface area contributed by atoms with Gasteiger partial charge in [0.1, 0.15) is 5.82 Å². The molecule has 0 radical (unpaired) electrons. The Balaban J connectivity index is 1.61. The van der Waals surface area contributed by atoms with Gasteiger partial charge < -0.3 is 16.4 Å². The lowest BCUT2D eigenvalue weighted by molar-refractivity contribution is 0.100. The molecule has 23 heavy (non-hydrogen) atoms. The summed E-state index contributed by atoms with van der Waals surface area (Å²) in [5, 5.41) is 6.38. The topological polar surface area (TPSA) is 105 Å². The van der Waals surface area contributed by atoms with Gasteiger partial charge in [-0.05, 0) is 36.1 Å². The first kappa shape index (κ1) is 13.7. The summed E-state index contributed by atoms with van der Waals surface area (Å²) in [7, 11) is 0. The van der Waals surface area contributed by atoms with Gasteiger partial charge in [-0.25, -0.2) is 4.98 Å². The maximum atomic E-state index is 11.5. The van der Waals surface area contributed by atoms with Crippen LogP contribution in [0.2, 0.25) is 0 Å². The molecule has 0 spiro atoms. The van der Waals surface area contributed by atoms with Crippen molar-refractivity contribution in [3.63, 3.8) is 0 Å². The highest BCUT2D eigenvalue weighted by molar-refractivity contribution is 5.97. The van der Waals surface area contributed by atoms with Crippen molar-refractivity contribution in [3.8, 4) is 0 Å². The number of carbonyl (C=O) groups is 1. The molecule has 116 valence electrons. The number of carbonyl (C=O) groups excluding carboxylic acids is 1. The van der Waals surface area contributed by atoms with E-state index in [0.717, 1.165) is 30.6 Å². The van der Waals surface area contributed by atoms with E-state index in [0.29, 0.717) is 23.4 Å². The number of fused-ring (bicyclic) bond motifs is 1. The number of amides is 1. The summed E-state index contributed by atoms with van der Waals surface area (Å²) in [6.45, 7) is 0.731. The Bertz CT molecular complexity index is 812. The Kier molecular flexibility index (Phi) is 3.18. The van der Waals surface area contributed by atoms with Crippen LogP contribution in [-0.4, -0.2) is 28.1 Å². The van der Waals surface area contributed by atoms with Crippen molar-refractivity contribution in [2.45, 2.75) is 25.4 Å². The molecule has 1 aromatic carbocycles. The van der Waals surface area contributed by atoms with E-state index in [-0.39, 0.29) is 0 Å². The summed E-state index contributed by atoms with van der Waals surface area (Å²) in [6, 6.07) is 6.37. The summed E-state index contributed by atoms with van der Waals surface area (Å²) in [5.41, 5.74) is 8.87. The highest BCUT2D eigenvalue weighted by Gasteiger charge is 2.24. The number of primary amides is 1. The maximum Gasteiger partial charge on any atom is 0.254 e. The van der Waals surface area contributed by atoms with Gasteiger partial charge in [0.15, 0.2) is 0 Å². The largest absolute Gasteiger partial charge is 0.367 e. The van der Waals surface area contributed by atoms with Crippen LogP contribution >= 0.6 is 0 Å². The molecule has 2 heterocycles. The van der Waals surface area contributed by atoms with E-state index in [1.54, 1.807) is 0 Å². The number of rotatable bonds is 5. The van der Waals surface area contributed by atoms with Crippen LogP contribution in [0.15, 0.2) is 29.4 Å². The molecule has 1 amide bonds. The fourth-order valence-electron chi connectivity index (χ4n) is 2.46. The Hall–Kier alpha value is -2.96. The van der Waals surface area contributed by atoms with E-state index in [4.69, 9.17) is 5.73 Å². The van der Waals surface area contributed by atoms with Gasteiger partial charge in [0.05, 0.1) is 12.1 Å². The molecular weight excluding hydrogens is 292 g/mol. The lowest BCUT2D eigenvalue weighted by Crippen LogP contribution is -2.17. The molecule has 0 bridgehead atoms. The third-order valence-corrected chi connectivity index (χ3v) is 3.87. The lowest BCUT2D eigenvalue weighted by atomic mass is 10.1.